The number of rotatable bonds is 6. The lowest BCUT2D eigenvalue weighted by Crippen LogP contribution is -2.17. The van der Waals surface area contributed by atoms with E-state index in [9.17, 15) is 0 Å². The number of nitrogens with one attached hydrogen (secondary N) is 1. The highest BCUT2D eigenvalue weighted by atomic mass is 16.3. The van der Waals surface area contributed by atoms with Crippen LogP contribution in [0.5, 0.6) is 0 Å². The first kappa shape index (κ1) is 13.3. The molecule has 0 aliphatic heterocycles. The summed E-state index contributed by atoms with van der Waals surface area (Å²) >= 11 is 0. The molecule has 20 heavy (non-hydrogen) atoms. The third kappa shape index (κ3) is 3.23. The molecule has 0 saturated heterocycles. The number of para-hydroxylation sites is 1. The highest BCUT2D eigenvalue weighted by Crippen LogP contribution is 2.22. The quantitative estimate of drug-likeness (QED) is 0.871. The van der Waals surface area contributed by atoms with Crippen LogP contribution in [0.1, 0.15) is 29.7 Å². The van der Waals surface area contributed by atoms with Crippen LogP contribution in [0, 0.1) is 6.92 Å². The molecule has 1 saturated carbocycles. The van der Waals surface area contributed by atoms with Crippen LogP contribution in [0.15, 0.2) is 41.0 Å². The van der Waals surface area contributed by atoms with Gasteiger partial charge in [-0.15, -0.1) is 0 Å². The Bertz CT molecular complexity index is 572. The third-order valence-corrected chi connectivity index (χ3v) is 3.80. The predicted molar refractivity (Wildman–Crippen MR) is 81.9 cm³/mol. The number of hydrogen-bond acceptors (Lipinski definition) is 3. The summed E-state index contributed by atoms with van der Waals surface area (Å²) in [6, 6.07) is 11.3. The van der Waals surface area contributed by atoms with E-state index < -0.39 is 0 Å². The maximum Gasteiger partial charge on any atom is 0.123 e. The Morgan fingerprint density at radius 3 is 2.85 bits per heavy atom. The van der Waals surface area contributed by atoms with Gasteiger partial charge in [0.25, 0.3) is 0 Å². The first-order valence-corrected chi connectivity index (χ1v) is 7.29. The molecule has 106 valence electrons. The van der Waals surface area contributed by atoms with Gasteiger partial charge in [-0.3, -0.25) is 0 Å². The molecule has 0 atom stereocenters. The van der Waals surface area contributed by atoms with Crippen molar-refractivity contribution in [2.75, 3.05) is 11.9 Å². The maximum absolute atomic E-state index is 5.67. The molecule has 1 aromatic heterocycles. The van der Waals surface area contributed by atoms with E-state index in [1.54, 1.807) is 0 Å². The highest BCUT2D eigenvalue weighted by molar-refractivity contribution is 5.52. The van der Waals surface area contributed by atoms with Gasteiger partial charge in [0.2, 0.25) is 0 Å². The molecule has 2 aromatic rings. The Morgan fingerprint density at radius 2 is 2.10 bits per heavy atom. The lowest BCUT2D eigenvalue weighted by Gasteiger charge is -2.19. The van der Waals surface area contributed by atoms with Crippen LogP contribution in [0.4, 0.5) is 5.69 Å². The largest absolute Gasteiger partial charge is 0.467 e. The van der Waals surface area contributed by atoms with Crippen molar-refractivity contribution in [2.45, 2.75) is 38.9 Å². The average Bonchev–Trinajstić information content (AvgIpc) is 3.17. The van der Waals surface area contributed by atoms with Crippen LogP contribution in [0.3, 0.4) is 0 Å². The van der Waals surface area contributed by atoms with Gasteiger partial charge in [-0.25, -0.2) is 0 Å². The number of anilines is 1. The summed E-state index contributed by atoms with van der Waals surface area (Å²) < 4.78 is 5.67. The van der Waals surface area contributed by atoms with Gasteiger partial charge in [0, 0.05) is 30.9 Å². The van der Waals surface area contributed by atoms with E-state index in [-0.39, 0.29) is 0 Å². The van der Waals surface area contributed by atoms with E-state index in [1.165, 1.54) is 29.7 Å². The fourth-order valence-electron chi connectivity index (χ4n) is 2.46. The topological polar surface area (TPSA) is 28.4 Å². The SMILES string of the molecule is Cc1ccccc1N(C)Cc1cc(CNC2CC2)co1. The Kier molecular flexibility index (Phi) is 3.79. The zero-order valence-electron chi connectivity index (χ0n) is 12.2. The molecule has 0 amide bonds. The second-order valence-corrected chi connectivity index (χ2v) is 5.72. The summed E-state index contributed by atoms with van der Waals surface area (Å²) in [5.41, 5.74) is 3.78. The van der Waals surface area contributed by atoms with Crippen molar-refractivity contribution in [1.29, 1.82) is 0 Å². The van der Waals surface area contributed by atoms with Crippen LogP contribution >= 0.6 is 0 Å². The van der Waals surface area contributed by atoms with Crippen molar-refractivity contribution in [3.05, 3.63) is 53.5 Å². The minimum Gasteiger partial charge on any atom is -0.467 e. The predicted octanol–water partition coefficient (Wildman–Crippen LogP) is 3.48. The third-order valence-electron chi connectivity index (χ3n) is 3.80. The summed E-state index contributed by atoms with van der Waals surface area (Å²) in [5.74, 6) is 1.02. The number of benzene rings is 1. The van der Waals surface area contributed by atoms with Crippen molar-refractivity contribution in [1.82, 2.24) is 5.32 Å². The van der Waals surface area contributed by atoms with Crippen LogP contribution in [-0.2, 0) is 13.1 Å². The molecule has 0 radical (unpaired) electrons. The van der Waals surface area contributed by atoms with Gasteiger partial charge < -0.3 is 14.6 Å². The Labute approximate surface area is 120 Å². The van der Waals surface area contributed by atoms with Crippen molar-refractivity contribution in [2.24, 2.45) is 0 Å². The van der Waals surface area contributed by atoms with E-state index >= 15 is 0 Å². The van der Waals surface area contributed by atoms with Crippen molar-refractivity contribution >= 4 is 5.69 Å². The molecule has 1 aromatic carbocycles. The van der Waals surface area contributed by atoms with Gasteiger partial charge in [-0.2, -0.15) is 0 Å². The van der Waals surface area contributed by atoms with E-state index in [4.69, 9.17) is 4.42 Å². The summed E-state index contributed by atoms with van der Waals surface area (Å²) in [7, 11) is 2.10. The van der Waals surface area contributed by atoms with Gasteiger partial charge in [0.1, 0.15) is 5.76 Å². The highest BCUT2D eigenvalue weighted by Gasteiger charge is 2.20. The van der Waals surface area contributed by atoms with Crippen molar-refractivity contribution in [3.63, 3.8) is 0 Å². The fraction of sp³-hybridized carbons (Fsp3) is 0.412. The molecule has 3 heteroatoms. The summed E-state index contributed by atoms with van der Waals surface area (Å²) in [5, 5.41) is 3.51. The van der Waals surface area contributed by atoms with Crippen LogP contribution in [0.2, 0.25) is 0 Å². The molecule has 3 nitrogen and oxygen atoms in total. The molecule has 3 rings (SSSR count). The molecule has 1 aliphatic rings. The van der Waals surface area contributed by atoms with Crippen molar-refractivity contribution in [3.8, 4) is 0 Å². The molecular weight excluding hydrogens is 248 g/mol. The Balaban J connectivity index is 1.60. The van der Waals surface area contributed by atoms with E-state index in [0.29, 0.717) is 0 Å². The van der Waals surface area contributed by atoms with E-state index in [0.717, 1.165) is 24.9 Å². The van der Waals surface area contributed by atoms with Gasteiger partial charge in [0.15, 0.2) is 0 Å². The summed E-state index contributed by atoms with van der Waals surface area (Å²) in [6.07, 6.45) is 4.51. The van der Waals surface area contributed by atoms with Crippen molar-refractivity contribution < 1.29 is 4.42 Å². The van der Waals surface area contributed by atoms with Crippen LogP contribution in [0.25, 0.3) is 0 Å². The molecule has 1 heterocycles. The minimum absolute atomic E-state index is 0.739. The second-order valence-electron chi connectivity index (χ2n) is 5.72. The maximum atomic E-state index is 5.67. The molecule has 1 N–H and O–H groups in total. The normalized spacial score (nSPS) is 14.5. The second kappa shape index (κ2) is 5.71. The molecular formula is C17H22N2O. The molecule has 0 unspecified atom stereocenters. The molecule has 0 bridgehead atoms. The zero-order valence-corrected chi connectivity index (χ0v) is 12.2. The van der Waals surface area contributed by atoms with Gasteiger partial charge in [-0.1, -0.05) is 18.2 Å². The number of furan rings is 1. The standard InChI is InChI=1S/C17H22N2O/c1-13-5-3-4-6-17(13)19(2)11-16-9-14(12-20-16)10-18-15-7-8-15/h3-6,9,12,15,18H,7-8,10-11H2,1-2H3. The zero-order chi connectivity index (χ0) is 13.9. The minimum atomic E-state index is 0.739. The Hall–Kier alpha value is -1.74. The van der Waals surface area contributed by atoms with Crippen LogP contribution in [-0.4, -0.2) is 13.1 Å². The smallest absolute Gasteiger partial charge is 0.123 e. The number of nitrogens with zero attached hydrogens (tertiary/aromatic N) is 1. The molecule has 0 spiro atoms. The van der Waals surface area contributed by atoms with Gasteiger partial charge in [-0.05, 0) is 37.5 Å². The van der Waals surface area contributed by atoms with E-state index in [2.05, 4.69) is 54.5 Å². The summed E-state index contributed by atoms with van der Waals surface area (Å²) in [6.45, 7) is 3.86. The molecule has 1 fully saturated rings. The monoisotopic (exact) mass is 270 g/mol. The lowest BCUT2D eigenvalue weighted by atomic mass is 10.2. The fourth-order valence-corrected chi connectivity index (χ4v) is 2.46. The van der Waals surface area contributed by atoms with Crippen LogP contribution < -0.4 is 10.2 Å². The van der Waals surface area contributed by atoms with Gasteiger partial charge in [0.05, 0.1) is 12.8 Å². The number of aryl methyl sites for hydroxylation is 1. The number of hydrogen-bond donors (Lipinski definition) is 1. The average molecular weight is 270 g/mol. The Morgan fingerprint density at radius 1 is 1.30 bits per heavy atom. The first-order chi connectivity index (χ1) is 9.72. The molecule has 1 aliphatic carbocycles. The first-order valence-electron chi connectivity index (χ1n) is 7.29. The lowest BCUT2D eigenvalue weighted by molar-refractivity contribution is 0.504. The summed E-state index contributed by atoms with van der Waals surface area (Å²) in [4.78, 5) is 2.23. The van der Waals surface area contributed by atoms with E-state index in [1.807, 2.05) is 6.26 Å². The van der Waals surface area contributed by atoms with Gasteiger partial charge >= 0.3 is 0 Å².